The second-order valence-electron chi connectivity index (χ2n) is 5.41. The van der Waals surface area contributed by atoms with Gasteiger partial charge in [0.15, 0.2) is 0 Å². The highest BCUT2D eigenvalue weighted by Gasteiger charge is 2.17. The Bertz CT molecular complexity index is 366. The molecule has 0 spiro atoms. The molecule has 0 rings (SSSR count). The molecule has 0 atom stereocenters. The minimum Gasteiger partial charge on any atom is -0.356 e. The summed E-state index contributed by atoms with van der Waals surface area (Å²) in [5.41, 5.74) is 0. The van der Waals surface area contributed by atoms with E-state index >= 15 is 0 Å². The summed E-state index contributed by atoms with van der Waals surface area (Å²) in [4.78, 5) is 13.5. The van der Waals surface area contributed by atoms with Crippen molar-refractivity contribution in [2.45, 2.75) is 20.3 Å². The van der Waals surface area contributed by atoms with Crippen LogP contribution in [0, 0.1) is 5.92 Å². The van der Waals surface area contributed by atoms with Crippen LogP contribution in [0.3, 0.4) is 0 Å². The van der Waals surface area contributed by atoms with Crippen molar-refractivity contribution in [2.24, 2.45) is 5.92 Å². The van der Waals surface area contributed by atoms with Crippen LogP contribution >= 0.6 is 0 Å². The second-order valence-corrected chi connectivity index (χ2v) is 7.40. The van der Waals surface area contributed by atoms with Gasteiger partial charge >= 0.3 is 0 Å². The van der Waals surface area contributed by atoms with Crippen LogP contribution in [-0.2, 0) is 14.8 Å². The van der Waals surface area contributed by atoms with E-state index in [9.17, 15) is 13.2 Å². The largest absolute Gasteiger partial charge is 0.356 e. The molecular formula is C12H27N3O3S. The molecule has 114 valence electrons. The first-order valence-corrected chi connectivity index (χ1v) is 8.34. The molecule has 0 aliphatic carbocycles. The van der Waals surface area contributed by atoms with Crippen molar-refractivity contribution < 1.29 is 13.2 Å². The molecule has 0 aromatic carbocycles. The van der Waals surface area contributed by atoms with Gasteiger partial charge in [0.2, 0.25) is 15.9 Å². The Hall–Kier alpha value is -0.660. The van der Waals surface area contributed by atoms with Crippen LogP contribution in [0.15, 0.2) is 0 Å². The molecule has 0 radical (unpaired) electrons. The van der Waals surface area contributed by atoms with E-state index in [1.54, 1.807) is 0 Å². The van der Waals surface area contributed by atoms with Gasteiger partial charge in [0.1, 0.15) is 0 Å². The van der Waals surface area contributed by atoms with Crippen LogP contribution in [0.1, 0.15) is 20.3 Å². The standard InChI is InChI=1S/C12H27N3O3S/c1-11(2)10-13-12(16)6-7-15(19(5,17)18)9-8-14(3)4/h11H,6-10H2,1-5H3,(H,13,16). The lowest BCUT2D eigenvalue weighted by molar-refractivity contribution is -0.121. The lowest BCUT2D eigenvalue weighted by Crippen LogP contribution is -2.39. The molecule has 0 aromatic rings. The first-order chi connectivity index (χ1) is 8.62. The minimum atomic E-state index is -3.26. The summed E-state index contributed by atoms with van der Waals surface area (Å²) in [7, 11) is 0.509. The molecule has 0 aromatic heterocycles. The van der Waals surface area contributed by atoms with E-state index in [0.717, 1.165) is 0 Å². The molecule has 7 heteroatoms. The fraction of sp³-hybridized carbons (Fsp3) is 0.917. The predicted molar refractivity (Wildman–Crippen MR) is 77.4 cm³/mol. The first-order valence-electron chi connectivity index (χ1n) is 6.49. The number of carbonyl (C=O) groups is 1. The summed E-state index contributed by atoms with van der Waals surface area (Å²) in [6, 6.07) is 0. The van der Waals surface area contributed by atoms with E-state index < -0.39 is 10.0 Å². The molecule has 0 fully saturated rings. The molecule has 0 heterocycles. The lowest BCUT2D eigenvalue weighted by atomic mass is 10.2. The molecule has 0 saturated heterocycles. The maximum Gasteiger partial charge on any atom is 0.221 e. The number of hydrogen-bond donors (Lipinski definition) is 1. The van der Waals surface area contributed by atoms with Crippen LogP contribution < -0.4 is 5.32 Å². The number of nitrogens with zero attached hydrogens (tertiary/aromatic N) is 2. The van der Waals surface area contributed by atoms with Crippen LogP contribution in [0.2, 0.25) is 0 Å². The van der Waals surface area contributed by atoms with Gasteiger partial charge in [-0.1, -0.05) is 13.8 Å². The van der Waals surface area contributed by atoms with E-state index in [0.29, 0.717) is 25.6 Å². The van der Waals surface area contributed by atoms with Crippen LogP contribution in [-0.4, -0.2) is 70.1 Å². The zero-order valence-electron chi connectivity index (χ0n) is 12.6. The van der Waals surface area contributed by atoms with Crippen molar-refractivity contribution in [1.82, 2.24) is 14.5 Å². The van der Waals surface area contributed by atoms with Gasteiger partial charge in [-0.05, 0) is 20.0 Å². The van der Waals surface area contributed by atoms with Crippen molar-refractivity contribution in [3.63, 3.8) is 0 Å². The Morgan fingerprint density at radius 3 is 2.16 bits per heavy atom. The van der Waals surface area contributed by atoms with E-state index in [1.807, 2.05) is 32.8 Å². The fourth-order valence-corrected chi connectivity index (χ4v) is 2.22. The van der Waals surface area contributed by atoms with E-state index in [2.05, 4.69) is 5.32 Å². The molecule has 6 nitrogen and oxygen atoms in total. The molecule has 19 heavy (non-hydrogen) atoms. The summed E-state index contributed by atoms with van der Waals surface area (Å²) in [6.45, 7) is 5.93. The van der Waals surface area contributed by atoms with Crippen molar-refractivity contribution in [3.8, 4) is 0 Å². The minimum absolute atomic E-state index is 0.104. The smallest absolute Gasteiger partial charge is 0.221 e. The van der Waals surface area contributed by atoms with Crippen LogP contribution in [0.4, 0.5) is 0 Å². The third kappa shape index (κ3) is 9.86. The number of amides is 1. The third-order valence-corrected chi connectivity index (χ3v) is 3.86. The number of hydrogen-bond acceptors (Lipinski definition) is 4. The Morgan fingerprint density at radius 2 is 1.74 bits per heavy atom. The number of nitrogens with one attached hydrogen (secondary N) is 1. The topological polar surface area (TPSA) is 69.7 Å². The lowest BCUT2D eigenvalue weighted by Gasteiger charge is -2.21. The summed E-state index contributed by atoms with van der Waals surface area (Å²) in [6.07, 6.45) is 1.38. The number of likely N-dealkylation sites (N-methyl/N-ethyl adjacent to an activating group) is 1. The molecule has 0 aliphatic rings. The zero-order chi connectivity index (χ0) is 15.1. The molecule has 1 N–H and O–H groups in total. The van der Waals surface area contributed by atoms with Crippen molar-refractivity contribution >= 4 is 15.9 Å². The number of rotatable bonds is 9. The zero-order valence-corrected chi connectivity index (χ0v) is 13.5. The normalized spacial score (nSPS) is 12.4. The second kappa shape index (κ2) is 8.50. The van der Waals surface area contributed by atoms with Gasteiger partial charge in [0.25, 0.3) is 0 Å². The van der Waals surface area contributed by atoms with Gasteiger partial charge in [0, 0.05) is 32.6 Å². The monoisotopic (exact) mass is 293 g/mol. The Labute approximate surface area is 117 Å². The van der Waals surface area contributed by atoms with Crippen molar-refractivity contribution in [2.75, 3.05) is 46.5 Å². The van der Waals surface area contributed by atoms with Gasteiger partial charge in [0.05, 0.1) is 6.26 Å². The van der Waals surface area contributed by atoms with Gasteiger partial charge in [-0.3, -0.25) is 4.79 Å². The van der Waals surface area contributed by atoms with Crippen LogP contribution in [0.5, 0.6) is 0 Å². The van der Waals surface area contributed by atoms with E-state index in [-0.39, 0.29) is 18.9 Å². The molecule has 0 saturated carbocycles. The fourth-order valence-electron chi connectivity index (χ4n) is 1.39. The molecular weight excluding hydrogens is 266 g/mol. The SMILES string of the molecule is CC(C)CNC(=O)CCN(CCN(C)C)S(C)(=O)=O. The third-order valence-electron chi connectivity index (χ3n) is 2.56. The quantitative estimate of drug-likeness (QED) is 0.648. The summed E-state index contributed by atoms with van der Waals surface area (Å²) in [5.74, 6) is 0.288. The van der Waals surface area contributed by atoms with Crippen molar-refractivity contribution in [3.05, 3.63) is 0 Å². The Kier molecular flexibility index (Phi) is 8.20. The van der Waals surface area contributed by atoms with Crippen LogP contribution in [0.25, 0.3) is 0 Å². The molecule has 1 amide bonds. The maximum atomic E-state index is 11.6. The average Bonchev–Trinajstić information content (AvgIpc) is 2.23. The Morgan fingerprint density at radius 1 is 1.16 bits per heavy atom. The van der Waals surface area contributed by atoms with Crippen molar-refractivity contribution in [1.29, 1.82) is 0 Å². The predicted octanol–water partition coefficient (Wildman–Crippen LogP) is -0.0281. The van der Waals surface area contributed by atoms with Gasteiger partial charge in [-0.15, -0.1) is 0 Å². The molecule has 0 bridgehead atoms. The molecule has 0 aliphatic heterocycles. The summed E-state index contributed by atoms with van der Waals surface area (Å²) in [5, 5.41) is 2.78. The molecule has 0 unspecified atom stereocenters. The summed E-state index contributed by atoms with van der Waals surface area (Å²) >= 11 is 0. The highest BCUT2D eigenvalue weighted by atomic mass is 32.2. The number of sulfonamides is 1. The number of carbonyl (C=O) groups excluding carboxylic acids is 1. The highest BCUT2D eigenvalue weighted by molar-refractivity contribution is 7.88. The van der Waals surface area contributed by atoms with Gasteiger partial charge < -0.3 is 10.2 Å². The maximum absolute atomic E-state index is 11.6. The average molecular weight is 293 g/mol. The summed E-state index contributed by atoms with van der Waals surface area (Å²) < 4.78 is 24.5. The van der Waals surface area contributed by atoms with Gasteiger partial charge in [-0.25, -0.2) is 12.7 Å². The highest BCUT2D eigenvalue weighted by Crippen LogP contribution is 2.00. The Balaban J connectivity index is 4.23. The van der Waals surface area contributed by atoms with E-state index in [4.69, 9.17) is 0 Å². The van der Waals surface area contributed by atoms with E-state index in [1.165, 1.54) is 10.6 Å². The van der Waals surface area contributed by atoms with Gasteiger partial charge in [-0.2, -0.15) is 0 Å². The first kappa shape index (κ1) is 18.3.